The van der Waals surface area contributed by atoms with Gasteiger partial charge >= 0.3 is 82.2 Å². The second kappa shape index (κ2) is 9.49. The molecule has 0 amide bonds. The Kier molecular flexibility index (Phi) is 13.9. The molecule has 4 N–H and O–H groups in total. The molecule has 0 rings (SSSR count). The molecule has 0 bridgehead atoms. The summed E-state index contributed by atoms with van der Waals surface area (Å²) in [6.45, 7) is 0. The maximum Gasteiger partial charge on any atom is 2.00 e. The van der Waals surface area contributed by atoms with Crippen LogP contribution in [0, 0.1) is 0 Å². The minimum absolute atomic E-state index is 0. The Hall–Kier alpha value is 0.566. The third-order valence-electron chi connectivity index (χ3n) is 1.91. The molecule has 0 aromatic rings. The fraction of sp³-hybridized carbons (Fsp3) is 0.333. The fourth-order valence-corrected chi connectivity index (χ4v) is 0.811. The number of hydrogen-bond donors (Lipinski definition) is 2. The third kappa shape index (κ3) is 4.52. The van der Waals surface area contributed by atoms with Crippen LogP contribution in [0.5, 0.6) is 0 Å². The van der Waals surface area contributed by atoms with Gasteiger partial charge in [-0.25, -0.2) is 0 Å². The quantitative estimate of drug-likeness (QED) is 0.361. The molecule has 0 heterocycles. The SMILES string of the molecule is NC(C(=O)[O-])(C(=O)[O-])C(N)(C(=O)[O-])C(=O)[O-].[Mg+2].[Na+].[Na+]. The number of carbonyl (C=O) groups is 4. The van der Waals surface area contributed by atoms with Crippen LogP contribution < -0.4 is 91.0 Å². The van der Waals surface area contributed by atoms with Gasteiger partial charge in [-0.1, -0.05) is 0 Å². The molecule has 0 unspecified atom stereocenters. The van der Waals surface area contributed by atoms with Gasteiger partial charge < -0.3 is 51.1 Å². The van der Waals surface area contributed by atoms with E-state index in [1.807, 2.05) is 0 Å². The zero-order valence-electron chi connectivity index (χ0n) is 10.1. The summed E-state index contributed by atoms with van der Waals surface area (Å²) in [7, 11) is 0. The number of aliphatic carboxylic acids is 4. The normalized spacial score (nSPS) is 10.0. The predicted molar refractivity (Wildman–Crippen MR) is 39.6 cm³/mol. The molecule has 0 saturated carbocycles. The molecule has 0 aromatic heterocycles. The van der Waals surface area contributed by atoms with Crippen LogP contribution in [-0.2, 0) is 19.2 Å². The molecule has 0 spiro atoms. The van der Waals surface area contributed by atoms with Gasteiger partial charge in [-0.05, 0) is 0 Å². The van der Waals surface area contributed by atoms with Crippen molar-refractivity contribution >= 4 is 46.9 Å². The Morgan fingerprint density at radius 1 is 0.632 bits per heavy atom. The summed E-state index contributed by atoms with van der Waals surface area (Å²) in [4.78, 5) is 41.6. The maximum atomic E-state index is 10.4. The van der Waals surface area contributed by atoms with E-state index in [0.717, 1.165) is 0 Å². The molecule has 0 aliphatic rings. The van der Waals surface area contributed by atoms with Crippen LogP contribution in [0.25, 0.3) is 0 Å². The van der Waals surface area contributed by atoms with E-state index in [0.29, 0.717) is 0 Å². The third-order valence-corrected chi connectivity index (χ3v) is 1.91. The van der Waals surface area contributed by atoms with Gasteiger partial charge in [0.2, 0.25) is 0 Å². The van der Waals surface area contributed by atoms with Crippen molar-refractivity contribution in [3.8, 4) is 0 Å². The smallest absolute Gasteiger partial charge is 0.548 e. The van der Waals surface area contributed by atoms with Crippen LogP contribution in [0.2, 0.25) is 0 Å². The second-order valence-corrected chi connectivity index (χ2v) is 2.77. The van der Waals surface area contributed by atoms with Crippen molar-refractivity contribution in [2.45, 2.75) is 11.1 Å². The minimum atomic E-state index is -4.04. The van der Waals surface area contributed by atoms with Crippen molar-refractivity contribution in [1.82, 2.24) is 0 Å². The fourth-order valence-electron chi connectivity index (χ4n) is 0.811. The molecule has 0 saturated heterocycles. The van der Waals surface area contributed by atoms with Crippen LogP contribution in [0.3, 0.4) is 0 Å². The molecule has 19 heavy (non-hydrogen) atoms. The Labute approximate surface area is 166 Å². The maximum absolute atomic E-state index is 10.4. The number of hydrogen-bond acceptors (Lipinski definition) is 10. The van der Waals surface area contributed by atoms with Gasteiger partial charge in [0, 0.05) is 0 Å². The number of nitrogens with two attached hydrogens (primary N) is 2. The Bertz CT molecular complexity index is 325. The van der Waals surface area contributed by atoms with Gasteiger partial charge in [-0.2, -0.15) is 0 Å². The first-order valence-corrected chi connectivity index (χ1v) is 3.46. The zero-order valence-corrected chi connectivity index (χ0v) is 15.5. The summed E-state index contributed by atoms with van der Waals surface area (Å²) >= 11 is 0. The molecule has 90 valence electrons. The van der Waals surface area contributed by atoms with E-state index in [2.05, 4.69) is 11.5 Å². The van der Waals surface area contributed by atoms with Crippen molar-refractivity contribution in [2.75, 3.05) is 0 Å². The van der Waals surface area contributed by atoms with Crippen molar-refractivity contribution < 1.29 is 98.7 Å². The molecule has 0 fully saturated rings. The predicted octanol–water partition coefficient (Wildman–Crippen LogP) is -15.0. The molecule has 0 aliphatic heterocycles. The summed E-state index contributed by atoms with van der Waals surface area (Å²) < 4.78 is 0. The summed E-state index contributed by atoms with van der Waals surface area (Å²) in [6.07, 6.45) is 0. The van der Waals surface area contributed by atoms with Crippen LogP contribution in [0.4, 0.5) is 0 Å². The summed E-state index contributed by atoms with van der Waals surface area (Å²) in [5.74, 6) is -11.1. The molecule has 0 radical (unpaired) electrons. The average molecular weight is 302 g/mol. The monoisotopic (exact) mass is 302 g/mol. The number of carboxylic acids is 4. The number of rotatable bonds is 5. The largest absolute Gasteiger partial charge is 2.00 e. The minimum Gasteiger partial charge on any atom is -0.548 e. The average Bonchev–Trinajstić information content (AvgIpc) is 2.13. The van der Waals surface area contributed by atoms with E-state index in [9.17, 15) is 39.6 Å². The second-order valence-electron chi connectivity index (χ2n) is 2.77. The van der Waals surface area contributed by atoms with E-state index in [-0.39, 0.29) is 82.2 Å². The molecule has 10 nitrogen and oxygen atoms in total. The van der Waals surface area contributed by atoms with Crippen molar-refractivity contribution in [2.24, 2.45) is 11.5 Å². The summed E-state index contributed by atoms with van der Waals surface area (Å²) in [6, 6.07) is 0. The van der Waals surface area contributed by atoms with E-state index >= 15 is 0 Å². The standard InChI is InChI=1S/C6H8N2O8.Mg.2Na/c7-5(1(9)10,2(11)12)6(8,3(13)14)4(15)16;;;/h7-8H2,(H,9,10)(H,11,12)(H,13,14)(H,15,16);;;/q;+2;2*+1/p-4. The van der Waals surface area contributed by atoms with Crippen LogP contribution >= 0.6 is 0 Å². The molecular formula is C6H4MgN2Na2O8. The Morgan fingerprint density at radius 3 is 0.789 bits per heavy atom. The van der Waals surface area contributed by atoms with Gasteiger partial charge in [-0.15, -0.1) is 0 Å². The topological polar surface area (TPSA) is 213 Å². The van der Waals surface area contributed by atoms with E-state index < -0.39 is 35.0 Å². The molecule has 0 aliphatic carbocycles. The molecule has 13 heteroatoms. The van der Waals surface area contributed by atoms with Crippen LogP contribution in [0.1, 0.15) is 0 Å². The summed E-state index contributed by atoms with van der Waals surface area (Å²) in [5, 5.41) is 41.6. The first-order chi connectivity index (χ1) is 7.02. The van der Waals surface area contributed by atoms with E-state index in [4.69, 9.17) is 0 Å². The number of carbonyl (C=O) groups excluding carboxylic acids is 4. The Morgan fingerprint density at radius 2 is 0.737 bits per heavy atom. The van der Waals surface area contributed by atoms with Crippen molar-refractivity contribution in [3.63, 3.8) is 0 Å². The first-order valence-electron chi connectivity index (χ1n) is 3.46. The number of carboxylic acid groups (broad SMARTS) is 4. The van der Waals surface area contributed by atoms with Gasteiger partial charge in [0.05, 0.1) is 23.9 Å². The molecule has 0 aromatic carbocycles. The van der Waals surface area contributed by atoms with E-state index in [1.54, 1.807) is 0 Å². The van der Waals surface area contributed by atoms with Crippen molar-refractivity contribution in [3.05, 3.63) is 0 Å². The zero-order chi connectivity index (χ0) is 13.3. The van der Waals surface area contributed by atoms with Gasteiger partial charge in [0.15, 0.2) is 0 Å². The van der Waals surface area contributed by atoms with Gasteiger partial charge in [0.25, 0.3) is 0 Å². The van der Waals surface area contributed by atoms with E-state index in [1.165, 1.54) is 0 Å². The van der Waals surface area contributed by atoms with Crippen LogP contribution in [-0.4, -0.2) is 58.0 Å². The molecular weight excluding hydrogens is 298 g/mol. The summed E-state index contributed by atoms with van der Waals surface area (Å²) in [5.41, 5.74) is 1.07. The first kappa shape index (κ1) is 27.8. The van der Waals surface area contributed by atoms with Crippen molar-refractivity contribution in [1.29, 1.82) is 0 Å². The van der Waals surface area contributed by atoms with Gasteiger partial charge in [-0.3, -0.25) is 0 Å². The van der Waals surface area contributed by atoms with Gasteiger partial charge in [0.1, 0.15) is 11.1 Å². The Balaban J connectivity index is -0.000000375. The van der Waals surface area contributed by atoms with Crippen LogP contribution in [0.15, 0.2) is 0 Å². The molecule has 0 atom stereocenters.